The van der Waals surface area contributed by atoms with Crippen LogP contribution in [-0.2, 0) is 0 Å². The van der Waals surface area contributed by atoms with Gasteiger partial charge in [0.15, 0.2) is 0 Å². The van der Waals surface area contributed by atoms with E-state index in [1.165, 1.54) is 24.3 Å². The van der Waals surface area contributed by atoms with Crippen molar-refractivity contribution < 1.29 is 24.1 Å². The van der Waals surface area contributed by atoms with E-state index in [4.69, 9.17) is 4.74 Å². The SMILES string of the molecule is O=C(N[C@@H]1C[C@@H](Oc2ccccc2)[C@H](O)[C@H]1N1CCC(O)CC1)c1ccc(F)cc1. The highest BCUT2D eigenvalue weighted by molar-refractivity contribution is 5.94. The van der Waals surface area contributed by atoms with Gasteiger partial charge in [-0.3, -0.25) is 9.69 Å². The Balaban J connectivity index is 1.51. The van der Waals surface area contributed by atoms with Crippen LogP contribution in [0.15, 0.2) is 54.6 Å². The lowest BCUT2D eigenvalue weighted by atomic mass is 10.0. The van der Waals surface area contributed by atoms with Crippen LogP contribution in [0.25, 0.3) is 0 Å². The van der Waals surface area contributed by atoms with Crippen LogP contribution in [0, 0.1) is 5.82 Å². The maximum Gasteiger partial charge on any atom is 0.251 e. The molecule has 0 unspecified atom stereocenters. The van der Waals surface area contributed by atoms with Gasteiger partial charge in [-0.15, -0.1) is 0 Å². The molecule has 2 fully saturated rings. The summed E-state index contributed by atoms with van der Waals surface area (Å²) < 4.78 is 19.2. The topological polar surface area (TPSA) is 82.0 Å². The smallest absolute Gasteiger partial charge is 0.251 e. The molecule has 0 bridgehead atoms. The number of nitrogens with one attached hydrogen (secondary N) is 1. The largest absolute Gasteiger partial charge is 0.488 e. The lowest BCUT2D eigenvalue weighted by Gasteiger charge is -2.38. The molecule has 2 aromatic carbocycles. The summed E-state index contributed by atoms with van der Waals surface area (Å²) in [7, 11) is 0. The number of piperidine rings is 1. The Morgan fingerprint density at radius 2 is 1.70 bits per heavy atom. The highest BCUT2D eigenvalue weighted by Crippen LogP contribution is 2.31. The Kier molecular flexibility index (Phi) is 6.32. The van der Waals surface area contributed by atoms with Gasteiger partial charge in [0.2, 0.25) is 0 Å². The first kappa shape index (κ1) is 20.8. The molecular formula is C23H27FN2O4. The highest BCUT2D eigenvalue weighted by atomic mass is 19.1. The van der Waals surface area contributed by atoms with Gasteiger partial charge in [0, 0.05) is 25.1 Å². The zero-order chi connectivity index (χ0) is 21.1. The third kappa shape index (κ3) is 4.64. The minimum absolute atomic E-state index is 0.311. The number of likely N-dealkylation sites (tertiary alicyclic amines) is 1. The molecule has 0 spiro atoms. The molecule has 6 nitrogen and oxygen atoms in total. The molecule has 1 aliphatic carbocycles. The molecule has 2 aromatic rings. The summed E-state index contributed by atoms with van der Waals surface area (Å²) >= 11 is 0. The fraction of sp³-hybridized carbons (Fsp3) is 0.435. The Hall–Kier alpha value is -2.48. The molecule has 4 rings (SSSR count). The van der Waals surface area contributed by atoms with Crippen LogP contribution >= 0.6 is 0 Å². The molecule has 0 radical (unpaired) electrons. The molecule has 160 valence electrons. The van der Waals surface area contributed by atoms with Crippen molar-refractivity contribution in [1.29, 1.82) is 0 Å². The number of amides is 1. The lowest BCUT2D eigenvalue weighted by Crippen LogP contribution is -2.55. The van der Waals surface area contributed by atoms with Gasteiger partial charge in [-0.2, -0.15) is 0 Å². The van der Waals surface area contributed by atoms with Crippen molar-refractivity contribution in [1.82, 2.24) is 10.2 Å². The molecular weight excluding hydrogens is 387 g/mol. The number of hydrogen-bond acceptors (Lipinski definition) is 5. The summed E-state index contributed by atoms with van der Waals surface area (Å²) in [5.74, 6) is -0.0432. The number of aliphatic hydroxyl groups is 2. The second-order valence-corrected chi connectivity index (χ2v) is 8.04. The van der Waals surface area contributed by atoms with Crippen molar-refractivity contribution in [2.45, 2.75) is 49.7 Å². The second-order valence-electron chi connectivity index (χ2n) is 8.04. The number of carbonyl (C=O) groups excluding carboxylic acids is 1. The van der Waals surface area contributed by atoms with Gasteiger partial charge < -0.3 is 20.3 Å². The maximum absolute atomic E-state index is 13.2. The third-order valence-corrected chi connectivity index (χ3v) is 6.00. The quantitative estimate of drug-likeness (QED) is 0.697. The molecule has 0 aromatic heterocycles. The standard InChI is InChI=1S/C23H27FN2O4/c24-16-8-6-15(7-9-16)23(29)25-19-14-20(30-18-4-2-1-3-5-18)22(28)21(19)26-12-10-17(27)11-13-26/h1-9,17,19-22,27-28H,10-14H2,(H,25,29)/t19-,20-,21+,22+/m1/s1. The summed E-state index contributed by atoms with van der Waals surface area (Å²) in [5.41, 5.74) is 0.367. The predicted octanol–water partition coefficient (Wildman–Crippen LogP) is 1.96. The number of rotatable bonds is 5. The van der Waals surface area contributed by atoms with E-state index in [0.717, 1.165) is 0 Å². The molecule has 1 aliphatic heterocycles. The highest BCUT2D eigenvalue weighted by Gasteiger charge is 2.48. The zero-order valence-corrected chi connectivity index (χ0v) is 16.7. The minimum Gasteiger partial charge on any atom is -0.488 e. The summed E-state index contributed by atoms with van der Waals surface area (Å²) in [6, 6.07) is 14.0. The van der Waals surface area contributed by atoms with E-state index >= 15 is 0 Å². The predicted molar refractivity (Wildman–Crippen MR) is 110 cm³/mol. The van der Waals surface area contributed by atoms with E-state index < -0.39 is 18.0 Å². The fourth-order valence-electron chi connectivity index (χ4n) is 4.43. The Morgan fingerprint density at radius 3 is 2.37 bits per heavy atom. The summed E-state index contributed by atoms with van der Waals surface area (Å²) in [6.45, 7) is 1.29. The van der Waals surface area contributed by atoms with Crippen molar-refractivity contribution >= 4 is 5.91 Å². The number of hydrogen-bond donors (Lipinski definition) is 3. The van der Waals surface area contributed by atoms with Gasteiger partial charge >= 0.3 is 0 Å². The number of benzene rings is 2. The van der Waals surface area contributed by atoms with Gasteiger partial charge in [-0.1, -0.05) is 18.2 Å². The van der Waals surface area contributed by atoms with E-state index in [2.05, 4.69) is 10.2 Å². The number of carbonyl (C=O) groups is 1. The summed E-state index contributed by atoms with van der Waals surface area (Å²) in [4.78, 5) is 14.9. The summed E-state index contributed by atoms with van der Waals surface area (Å²) in [5, 5.41) is 24.0. The second kappa shape index (κ2) is 9.12. The monoisotopic (exact) mass is 414 g/mol. The molecule has 1 saturated heterocycles. The van der Waals surface area contributed by atoms with Gasteiger partial charge in [0.05, 0.1) is 18.2 Å². The number of aliphatic hydroxyl groups excluding tert-OH is 2. The van der Waals surface area contributed by atoms with Gasteiger partial charge in [0.25, 0.3) is 5.91 Å². The van der Waals surface area contributed by atoms with Crippen LogP contribution in [0.4, 0.5) is 4.39 Å². The summed E-state index contributed by atoms with van der Waals surface area (Å²) in [6.07, 6.45) is 0.121. The van der Waals surface area contributed by atoms with Crippen molar-refractivity contribution in [3.63, 3.8) is 0 Å². The average Bonchev–Trinajstić information content (AvgIpc) is 3.04. The van der Waals surface area contributed by atoms with Crippen molar-refractivity contribution in [2.24, 2.45) is 0 Å². The number of ether oxygens (including phenoxy) is 1. The van der Waals surface area contributed by atoms with Crippen molar-refractivity contribution in [2.75, 3.05) is 13.1 Å². The van der Waals surface area contributed by atoms with Gasteiger partial charge in [0.1, 0.15) is 23.8 Å². The van der Waals surface area contributed by atoms with Crippen LogP contribution in [-0.4, -0.2) is 64.5 Å². The van der Waals surface area contributed by atoms with Gasteiger partial charge in [-0.25, -0.2) is 4.39 Å². The van der Waals surface area contributed by atoms with Crippen molar-refractivity contribution in [3.05, 3.63) is 66.0 Å². The van der Waals surface area contributed by atoms with Crippen LogP contribution in [0.1, 0.15) is 29.6 Å². The molecule has 30 heavy (non-hydrogen) atoms. The molecule has 3 N–H and O–H groups in total. The number of para-hydroxylation sites is 1. The number of nitrogens with zero attached hydrogens (tertiary/aromatic N) is 1. The zero-order valence-electron chi connectivity index (χ0n) is 16.7. The van der Waals surface area contributed by atoms with E-state index in [-0.39, 0.29) is 24.1 Å². The molecule has 7 heteroatoms. The number of halogens is 1. The van der Waals surface area contributed by atoms with E-state index in [1.807, 2.05) is 30.3 Å². The lowest BCUT2D eigenvalue weighted by molar-refractivity contribution is -0.0145. The van der Waals surface area contributed by atoms with Crippen LogP contribution in [0.3, 0.4) is 0 Å². The van der Waals surface area contributed by atoms with E-state index in [1.54, 1.807) is 0 Å². The van der Waals surface area contributed by atoms with Crippen LogP contribution in [0.2, 0.25) is 0 Å². The van der Waals surface area contributed by atoms with Crippen LogP contribution < -0.4 is 10.1 Å². The van der Waals surface area contributed by atoms with Crippen LogP contribution in [0.5, 0.6) is 5.75 Å². The van der Waals surface area contributed by atoms with Gasteiger partial charge in [-0.05, 0) is 49.2 Å². The molecule has 1 amide bonds. The molecule has 1 heterocycles. The minimum atomic E-state index is -0.793. The molecule has 1 saturated carbocycles. The fourth-order valence-corrected chi connectivity index (χ4v) is 4.43. The average molecular weight is 414 g/mol. The van der Waals surface area contributed by atoms with E-state index in [9.17, 15) is 19.4 Å². The Bertz CT molecular complexity index is 840. The Morgan fingerprint density at radius 1 is 1.03 bits per heavy atom. The Labute approximate surface area is 175 Å². The maximum atomic E-state index is 13.2. The first-order valence-electron chi connectivity index (χ1n) is 10.4. The van der Waals surface area contributed by atoms with Crippen molar-refractivity contribution in [3.8, 4) is 5.75 Å². The first-order valence-corrected chi connectivity index (χ1v) is 10.4. The first-order chi connectivity index (χ1) is 14.5. The molecule has 2 aliphatic rings. The normalized spacial score (nSPS) is 27.7. The molecule has 4 atom stereocenters. The van der Waals surface area contributed by atoms with E-state index in [0.29, 0.717) is 43.7 Å². The third-order valence-electron chi connectivity index (χ3n) is 6.00.